The fourth-order valence-corrected chi connectivity index (χ4v) is 4.23. The number of carbonyl (C=O) groups is 2. The van der Waals surface area contributed by atoms with E-state index in [4.69, 9.17) is 4.74 Å². The van der Waals surface area contributed by atoms with Crippen LogP contribution >= 0.6 is 0 Å². The topological polar surface area (TPSA) is 92.6 Å². The lowest BCUT2D eigenvalue weighted by Crippen LogP contribution is -2.50. The highest BCUT2D eigenvalue weighted by atomic mass is 16.5. The maximum absolute atomic E-state index is 14.1. The van der Waals surface area contributed by atoms with E-state index in [0.717, 1.165) is 11.2 Å². The van der Waals surface area contributed by atoms with E-state index in [1.807, 2.05) is 88.3 Å². The minimum atomic E-state index is -0.930. The molecular formula is C29H34N6O3. The summed E-state index contributed by atoms with van der Waals surface area (Å²) in [5.41, 5.74) is 3.16. The summed E-state index contributed by atoms with van der Waals surface area (Å²) in [6.07, 6.45) is 0. The minimum Gasteiger partial charge on any atom is -0.497 e. The van der Waals surface area contributed by atoms with Crippen LogP contribution in [0.1, 0.15) is 32.4 Å². The van der Waals surface area contributed by atoms with Crippen molar-refractivity contribution >= 4 is 34.2 Å². The summed E-state index contributed by atoms with van der Waals surface area (Å²) in [6.45, 7) is 5.65. The number of hydrogen-bond donors (Lipinski definition) is 1. The average molecular weight is 515 g/mol. The first-order valence-corrected chi connectivity index (χ1v) is 12.4. The molecule has 9 heteroatoms. The molecule has 4 aromatic rings. The summed E-state index contributed by atoms with van der Waals surface area (Å²) in [7, 11) is 5.49. The van der Waals surface area contributed by atoms with Gasteiger partial charge in [-0.3, -0.25) is 14.5 Å². The van der Waals surface area contributed by atoms with E-state index >= 15 is 0 Å². The fourth-order valence-electron chi connectivity index (χ4n) is 4.23. The second-order valence-electron chi connectivity index (χ2n) is 10.3. The van der Waals surface area contributed by atoms with Crippen molar-refractivity contribution in [3.63, 3.8) is 0 Å². The van der Waals surface area contributed by atoms with Crippen LogP contribution in [0.25, 0.3) is 11.0 Å². The zero-order valence-electron chi connectivity index (χ0n) is 22.7. The van der Waals surface area contributed by atoms with Crippen molar-refractivity contribution in [3.05, 3.63) is 78.4 Å². The van der Waals surface area contributed by atoms with E-state index in [1.165, 1.54) is 4.90 Å². The molecule has 0 aliphatic rings. The Morgan fingerprint density at radius 3 is 2.18 bits per heavy atom. The highest BCUT2D eigenvalue weighted by Crippen LogP contribution is 2.31. The second-order valence-corrected chi connectivity index (χ2v) is 10.3. The number of nitrogens with zero attached hydrogens (tertiary/aromatic N) is 5. The largest absolute Gasteiger partial charge is 0.497 e. The van der Waals surface area contributed by atoms with Crippen LogP contribution in [0.5, 0.6) is 5.75 Å². The Bertz CT molecular complexity index is 1410. The van der Waals surface area contributed by atoms with Crippen LogP contribution in [0.15, 0.2) is 72.8 Å². The van der Waals surface area contributed by atoms with Crippen molar-refractivity contribution in [1.82, 2.24) is 20.3 Å². The quantitative estimate of drug-likeness (QED) is 0.379. The van der Waals surface area contributed by atoms with E-state index in [9.17, 15) is 9.59 Å². The third-order valence-corrected chi connectivity index (χ3v) is 6.05. The monoisotopic (exact) mass is 514 g/mol. The molecule has 2 amide bonds. The van der Waals surface area contributed by atoms with E-state index in [0.29, 0.717) is 22.5 Å². The zero-order valence-corrected chi connectivity index (χ0v) is 22.7. The molecule has 0 radical (unpaired) electrons. The van der Waals surface area contributed by atoms with Crippen LogP contribution in [0.3, 0.4) is 0 Å². The first-order chi connectivity index (χ1) is 18.1. The van der Waals surface area contributed by atoms with Gasteiger partial charge in [-0.05, 0) is 74.9 Å². The first-order valence-electron chi connectivity index (χ1n) is 12.4. The molecule has 0 saturated heterocycles. The number of amides is 2. The Balaban J connectivity index is 1.82. The average Bonchev–Trinajstić information content (AvgIpc) is 3.29. The predicted octanol–water partition coefficient (Wildman–Crippen LogP) is 4.20. The first kappa shape index (κ1) is 26.7. The van der Waals surface area contributed by atoms with Crippen LogP contribution in [0.4, 0.5) is 11.4 Å². The van der Waals surface area contributed by atoms with Gasteiger partial charge in [0, 0.05) is 31.0 Å². The Labute approximate surface area is 223 Å². The van der Waals surface area contributed by atoms with Crippen molar-refractivity contribution in [1.29, 1.82) is 0 Å². The molecule has 0 aliphatic carbocycles. The Hall–Kier alpha value is -4.40. The smallest absolute Gasteiger partial charge is 0.249 e. The number of para-hydroxylation sites is 1. The Morgan fingerprint density at radius 1 is 0.947 bits per heavy atom. The van der Waals surface area contributed by atoms with Crippen molar-refractivity contribution in [2.75, 3.05) is 31.0 Å². The molecule has 1 N–H and O–H groups in total. The third-order valence-electron chi connectivity index (χ3n) is 6.05. The maximum atomic E-state index is 14.1. The number of aromatic nitrogens is 3. The highest BCUT2D eigenvalue weighted by molar-refractivity contribution is 6.01. The number of rotatable bonds is 8. The van der Waals surface area contributed by atoms with Crippen molar-refractivity contribution in [2.24, 2.45) is 0 Å². The van der Waals surface area contributed by atoms with Crippen molar-refractivity contribution in [3.8, 4) is 5.75 Å². The zero-order chi connectivity index (χ0) is 27.4. The third kappa shape index (κ3) is 5.94. The van der Waals surface area contributed by atoms with Crippen LogP contribution in [0.2, 0.25) is 0 Å². The number of nitrogens with one attached hydrogen (secondary N) is 1. The molecule has 3 aromatic carbocycles. The molecule has 1 atom stereocenters. The van der Waals surface area contributed by atoms with Gasteiger partial charge in [-0.15, -0.1) is 5.10 Å². The molecule has 9 nitrogen and oxygen atoms in total. The molecule has 0 spiro atoms. The standard InChI is InChI=1S/C29H34N6O3/c1-29(2,3)30-28(37)27(20-11-13-21(14-12-20)33(4)5)35(22-15-17-23(38-6)18-16-22)26(36)19-34-25-10-8-7-9-24(25)31-32-34/h7-18,27H,19H2,1-6H3,(H,30,37)/t27-/m1/s1. The van der Waals surface area contributed by atoms with Crippen LogP contribution in [-0.4, -0.2) is 53.6 Å². The predicted molar refractivity (Wildman–Crippen MR) is 149 cm³/mol. The van der Waals surface area contributed by atoms with E-state index in [2.05, 4.69) is 15.6 Å². The van der Waals surface area contributed by atoms with Gasteiger partial charge >= 0.3 is 0 Å². The number of hydrogen-bond acceptors (Lipinski definition) is 6. The van der Waals surface area contributed by atoms with Crippen LogP contribution in [0, 0.1) is 0 Å². The second kappa shape index (κ2) is 10.9. The maximum Gasteiger partial charge on any atom is 0.249 e. The molecule has 198 valence electrons. The number of methoxy groups -OCH3 is 1. The van der Waals surface area contributed by atoms with Gasteiger partial charge in [-0.25, -0.2) is 4.68 Å². The Morgan fingerprint density at radius 2 is 1.58 bits per heavy atom. The highest BCUT2D eigenvalue weighted by Gasteiger charge is 2.35. The van der Waals surface area contributed by atoms with E-state index in [-0.39, 0.29) is 18.4 Å². The number of anilines is 2. The van der Waals surface area contributed by atoms with Crippen molar-refractivity contribution in [2.45, 2.75) is 38.9 Å². The van der Waals surface area contributed by atoms with Crippen molar-refractivity contribution < 1.29 is 14.3 Å². The van der Waals surface area contributed by atoms with Gasteiger partial charge in [0.15, 0.2) is 0 Å². The van der Waals surface area contributed by atoms with Gasteiger partial charge < -0.3 is 15.0 Å². The summed E-state index contributed by atoms with van der Waals surface area (Å²) in [6, 6.07) is 21.3. The number of ether oxygens (including phenoxy) is 1. The lowest BCUT2D eigenvalue weighted by Gasteiger charge is -2.34. The summed E-state index contributed by atoms with van der Waals surface area (Å²) < 4.78 is 6.88. The fraction of sp³-hybridized carbons (Fsp3) is 0.310. The summed E-state index contributed by atoms with van der Waals surface area (Å²) in [5.74, 6) is 0.0498. The van der Waals surface area contributed by atoms with Gasteiger partial charge in [0.2, 0.25) is 11.8 Å². The van der Waals surface area contributed by atoms with Crippen LogP contribution in [-0.2, 0) is 16.1 Å². The van der Waals surface area contributed by atoms with Crippen LogP contribution < -0.4 is 19.9 Å². The molecule has 38 heavy (non-hydrogen) atoms. The van der Waals surface area contributed by atoms with Gasteiger partial charge in [-0.1, -0.05) is 29.5 Å². The SMILES string of the molecule is COc1ccc(N(C(=O)Cn2nnc3ccccc32)[C@@H](C(=O)NC(C)(C)C)c2ccc(N(C)C)cc2)cc1. The Kier molecular flexibility index (Phi) is 7.66. The molecule has 1 aromatic heterocycles. The number of benzene rings is 3. The lowest BCUT2D eigenvalue weighted by molar-refractivity contribution is -0.128. The molecule has 0 fully saturated rings. The molecule has 0 bridgehead atoms. The molecule has 0 saturated carbocycles. The summed E-state index contributed by atoms with van der Waals surface area (Å²) >= 11 is 0. The number of fused-ring (bicyclic) bond motifs is 1. The van der Waals surface area contributed by atoms with Gasteiger partial charge in [-0.2, -0.15) is 0 Å². The summed E-state index contributed by atoms with van der Waals surface area (Å²) in [4.78, 5) is 31.5. The van der Waals surface area contributed by atoms with Gasteiger partial charge in [0.05, 0.1) is 12.6 Å². The van der Waals surface area contributed by atoms with E-state index < -0.39 is 11.6 Å². The molecule has 4 rings (SSSR count). The minimum absolute atomic E-state index is 0.0956. The summed E-state index contributed by atoms with van der Waals surface area (Å²) in [5, 5.41) is 11.4. The molecule has 0 unspecified atom stereocenters. The van der Waals surface area contributed by atoms with Gasteiger partial charge in [0.25, 0.3) is 0 Å². The van der Waals surface area contributed by atoms with Gasteiger partial charge in [0.1, 0.15) is 23.9 Å². The molecular weight excluding hydrogens is 480 g/mol. The normalized spacial score (nSPS) is 12.2. The molecule has 1 heterocycles. The number of carbonyl (C=O) groups excluding carboxylic acids is 2. The van der Waals surface area contributed by atoms with E-state index in [1.54, 1.807) is 36.1 Å². The lowest BCUT2D eigenvalue weighted by atomic mass is 10.00. The molecule has 0 aliphatic heterocycles.